The number of nitrogens with one attached hydrogen (secondary N) is 1. The summed E-state index contributed by atoms with van der Waals surface area (Å²) in [6, 6.07) is 16.1. The molecular weight excluding hydrogens is 438 g/mol. The van der Waals surface area contributed by atoms with E-state index >= 15 is 0 Å². The topological polar surface area (TPSA) is 119 Å². The Labute approximate surface area is 195 Å². The van der Waals surface area contributed by atoms with Crippen LogP contribution in [0.3, 0.4) is 0 Å². The number of rotatable bonds is 7. The van der Waals surface area contributed by atoms with E-state index in [1.807, 2.05) is 49.4 Å². The van der Waals surface area contributed by atoms with E-state index in [0.29, 0.717) is 16.4 Å². The SMILES string of the molecule is Cc1onc(-c2ccccc2)c1-c1ccc(C(=O)N[C@H](C)CC(=O)ON2C(=O)CCC2=O)cc1. The van der Waals surface area contributed by atoms with E-state index in [1.165, 1.54) is 0 Å². The molecule has 34 heavy (non-hydrogen) atoms. The van der Waals surface area contributed by atoms with Gasteiger partial charge in [-0.1, -0.05) is 47.6 Å². The first kappa shape index (κ1) is 22.9. The fourth-order valence-corrected chi connectivity index (χ4v) is 3.70. The number of imide groups is 1. The summed E-state index contributed by atoms with van der Waals surface area (Å²) >= 11 is 0. The second-order valence-corrected chi connectivity index (χ2v) is 8.03. The first-order chi connectivity index (χ1) is 16.3. The van der Waals surface area contributed by atoms with E-state index < -0.39 is 23.8 Å². The fraction of sp³-hybridized carbons (Fsp3) is 0.240. The van der Waals surface area contributed by atoms with Gasteiger partial charge in [-0.25, -0.2) is 4.79 Å². The molecule has 0 radical (unpaired) electrons. The highest BCUT2D eigenvalue weighted by atomic mass is 16.7. The lowest BCUT2D eigenvalue weighted by molar-refractivity contribution is -0.197. The Hall–Kier alpha value is -4.27. The molecule has 3 aromatic rings. The number of hydrogen-bond acceptors (Lipinski definition) is 7. The number of amides is 3. The van der Waals surface area contributed by atoms with Crippen molar-refractivity contribution in [1.29, 1.82) is 0 Å². The molecular formula is C25H23N3O6. The number of carbonyl (C=O) groups excluding carboxylic acids is 4. The maximum Gasteiger partial charge on any atom is 0.335 e. The lowest BCUT2D eigenvalue weighted by Crippen LogP contribution is -2.37. The molecule has 1 aliphatic rings. The van der Waals surface area contributed by atoms with E-state index in [0.717, 1.165) is 22.4 Å². The van der Waals surface area contributed by atoms with Gasteiger partial charge in [0.2, 0.25) is 0 Å². The highest BCUT2D eigenvalue weighted by molar-refractivity contribution is 6.01. The van der Waals surface area contributed by atoms with E-state index in [1.54, 1.807) is 19.1 Å². The molecule has 2 aromatic carbocycles. The summed E-state index contributed by atoms with van der Waals surface area (Å²) in [6.07, 6.45) is -0.146. The molecule has 0 bridgehead atoms. The Kier molecular flexibility index (Phi) is 6.53. The van der Waals surface area contributed by atoms with Crippen molar-refractivity contribution in [2.24, 2.45) is 0 Å². The largest absolute Gasteiger partial charge is 0.360 e. The lowest BCUT2D eigenvalue weighted by Gasteiger charge is -2.16. The average molecular weight is 461 g/mol. The average Bonchev–Trinajstić information content (AvgIpc) is 3.36. The van der Waals surface area contributed by atoms with Gasteiger partial charge in [0.25, 0.3) is 17.7 Å². The van der Waals surface area contributed by atoms with Crippen LogP contribution in [0.4, 0.5) is 0 Å². The second kappa shape index (κ2) is 9.70. The predicted octanol–water partition coefficient (Wildman–Crippen LogP) is 3.43. The third kappa shape index (κ3) is 4.88. The molecule has 1 atom stereocenters. The molecule has 2 heterocycles. The molecule has 0 saturated carbocycles. The van der Waals surface area contributed by atoms with E-state index in [9.17, 15) is 19.2 Å². The van der Waals surface area contributed by atoms with Crippen LogP contribution in [0.25, 0.3) is 22.4 Å². The fourth-order valence-electron chi connectivity index (χ4n) is 3.70. The number of aryl methyl sites for hydroxylation is 1. The zero-order valence-electron chi connectivity index (χ0n) is 18.7. The minimum Gasteiger partial charge on any atom is -0.360 e. The molecule has 3 amide bonds. The predicted molar refractivity (Wildman–Crippen MR) is 121 cm³/mol. The maximum atomic E-state index is 12.6. The number of hydroxylamine groups is 2. The smallest absolute Gasteiger partial charge is 0.335 e. The normalized spacial score (nSPS) is 14.2. The molecule has 9 heteroatoms. The van der Waals surface area contributed by atoms with Gasteiger partial charge in [0, 0.05) is 30.0 Å². The molecule has 1 aliphatic heterocycles. The highest BCUT2D eigenvalue weighted by Crippen LogP contribution is 2.34. The minimum atomic E-state index is -0.775. The van der Waals surface area contributed by atoms with Crippen molar-refractivity contribution < 1.29 is 28.5 Å². The molecule has 0 aliphatic carbocycles. The van der Waals surface area contributed by atoms with Crippen LogP contribution in [0.15, 0.2) is 59.1 Å². The van der Waals surface area contributed by atoms with Crippen LogP contribution < -0.4 is 5.32 Å². The van der Waals surface area contributed by atoms with Gasteiger partial charge in [-0.05, 0) is 31.5 Å². The van der Waals surface area contributed by atoms with Crippen molar-refractivity contribution >= 4 is 23.7 Å². The van der Waals surface area contributed by atoms with Gasteiger partial charge in [-0.15, -0.1) is 5.06 Å². The summed E-state index contributed by atoms with van der Waals surface area (Å²) < 4.78 is 5.41. The van der Waals surface area contributed by atoms with Gasteiger partial charge >= 0.3 is 5.97 Å². The van der Waals surface area contributed by atoms with Crippen LogP contribution in [-0.2, 0) is 19.2 Å². The van der Waals surface area contributed by atoms with Crippen molar-refractivity contribution in [2.75, 3.05) is 0 Å². The maximum absolute atomic E-state index is 12.6. The summed E-state index contributed by atoms with van der Waals surface area (Å²) in [5.41, 5.74) is 3.75. The third-order valence-electron chi connectivity index (χ3n) is 5.39. The van der Waals surface area contributed by atoms with E-state index in [2.05, 4.69) is 10.5 Å². The number of hydrogen-bond donors (Lipinski definition) is 1. The minimum absolute atomic E-state index is 0.0235. The summed E-state index contributed by atoms with van der Waals surface area (Å²) in [5, 5.41) is 7.40. The van der Waals surface area contributed by atoms with E-state index in [4.69, 9.17) is 9.36 Å². The Balaban J connectivity index is 1.39. The summed E-state index contributed by atoms with van der Waals surface area (Å²) in [6.45, 7) is 3.47. The molecule has 1 N–H and O–H groups in total. The summed E-state index contributed by atoms with van der Waals surface area (Å²) in [4.78, 5) is 52.6. The zero-order valence-corrected chi connectivity index (χ0v) is 18.7. The van der Waals surface area contributed by atoms with Gasteiger partial charge in [0.1, 0.15) is 11.5 Å². The first-order valence-corrected chi connectivity index (χ1v) is 10.8. The van der Waals surface area contributed by atoms with Crippen molar-refractivity contribution in [2.45, 2.75) is 39.2 Å². The molecule has 174 valence electrons. The summed E-state index contributed by atoms with van der Waals surface area (Å²) in [7, 11) is 0. The Morgan fingerprint density at radius 2 is 1.68 bits per heavy atom. The van der Waals surface area contributed by atoms with Crippen molar-refractivity contribution in [1.82, 2.24) is 15.5 Å². The molecule has 0 spiro atoms. The third-order valence-corrected chi connectivity index (χ3v) is 5.39. The van der Waals surface area contributed by atoms with E-state index in [-0.39, 0.29) is 25.2 Å². The van der Waals surface area contributed by atoms with Crippen LogP contribution >= 0.6 is 0 Å². The van der Waals surface area contributed by atoms with Crippen molar-refractivity contribution in [3.8, 4) is 22.4 Å². The highest BCUT2D eigenvalue weighted by Gasteiger charge is 2.33. The van der Waals surface area contributed by atoms with Gasteiger partial charge in [0.15, 0.2) is 0 Å². The first-order valence-electron chi connectivity index (χ1n) is 10.8. The van der Waals surface area contributed by atoms with Crippen LogP contribution in [0.5, 0.6) is 0 Å². The van der Waals surface area contributed by atoms with Crippen LogP contribution in [-0.4, -0.2) is 40.0 Å². The molecule has 4 rings (SSSR count). The number of nitrogens with zero attached hydrogens (tertiary/aromatic N) is 2. The van der Waals surface area contributed by atoms with Crippen molar-refractivity contribution in [3.63, 3.8) is 0 Å². The second-order valence-electron chi connectivity index (χ2n) is 8.03. The molecule has 1 fully saturated rings. The van der Waals surface area contributed by atoms with Crippen LogP contribution in [0, 0.1) is 6.92 Å². The monoisotopic (exact) mass is 461 g/mol. The Bertz CT molecular complexity index is 1220. The zero-order chi connectivity index (χ0) is 24.2. The van der Waals surface area contributed by atoms with Crippen molar-refractivity contribution in [3.05, 3.63) is 65.9 Å². The molecule has 9 nitrogen and oxygen atoms in total. The molecule has 1 saturated heterocycles. The molecule has 0 unspecified atom stereocenters. The number of aromatic nitrogens is 1. The van der Waals surface area contributed by atoms with Gasteiger partial charge in [0.05, 0.1) is 12.0 Å². The molecule has 1 aromatic heterocycles. The Morgan fingerprint density at radius 1 is 1.03 bits per heavy atom. The van der Waals surface area contributed by atoms with Crippen LogP contribution in [0.1, 0.15) is 42.3 Å². The van der Waals surface area contributed by atoms with Gasteiger partial charge < -0.3 is 14.7 Å². The lowest BCUT2D eigenvalue weighted by atomic mass is 9.98. The quantitative estimate of drug-likeness (QED) is 0.536. The Morgan fingerprint density at radius 3 is 2.32 bits per heavy atom. The van der Waals surface area contributed by atoms with Gasteiger partial charge in [-0.2, -0.15) is 0 Å². The number of carbonyl (C=O) groups is 4. The standard InChI is InChI=1S/C25H23N3O6/c1-15(14-22(31)34-28-20(29)12-13-21(28)30)26-25(32)19-10-8-17(9-11-19)23-16(2)33-27-24(23)18-6-4-3-5-7-18/h3-11,15H,12-14H2,1-2H3,(H,26,32)/t15-/m1/s1. The van der Waals surface area contributed by atoms with Crippen LogP contribution in [0.2, 0.25) is 0 Å². The number of benzene rings is 2. The van der Waals surface area contributed by atoms with Gasteiger partial charge in [-0.3, -0.25) is 14.4 Å². The summed E-state index contributed by atoms with van der Waals surface area (Å²) in [5.74, 6) is -1.58.